The summed E-state index contributed by atoms with van der Waals surface area (Å²) >= 11 is 0. The summed E-state index contributed by atoms with van der Waals surface area (Å²) in [4.78, 5) is 11.0. The highest BCUT2D eigenvalue weighted by atomic mass is 19.1. The molecule has 4 nitrogen and oxygen atoms in total. The number of carbonyl (C=O) groups is 1. The van der Waals surface area contributed by atoms with E-state index in [9.17, 15) is 9.18 Å². The van der Waals surface area contributed by atoms with Crippen molar-refractivity contribution in [2.24, 2.45) is 5.73 Å². The minimum Gasteiger partial charge on any atom is -0.469 e. The van der Waals surface area contributed by atoms with Crippen molar-refractivity contribution in [3.63, 3.8) is 0 Å². The van der Waals surface area contributed by atoms with Crippen LogP contribution in [0.1, 0.15) is 23.6 Å². The second kappa shape index (κ2) is 5.24. The van der Waals surface area contributed by atoms with Gasteiger partial charge in [-0.3, -0.25) is 4.79 Å². The molecule has 2 N–H and O–H groups in total. The maximum atomic E-state index is 13.0. The highest BCUT2D eigenvalue weighted by Gasteiger charge is 2.13. The molecule has 0 aromatic heterocycles. The van der Waals surface area contributed by atoms with Gasteiger partial charge in [-0.1, -0.05) is 6.07 Å². The maximum Gasteiger partial charge on any atom is 0.307 e. The van der Waals surface area contributed by atoms with E-state index in [4.69, 9.17) is 11.0 Å². The molecule has 0 fully saturated rings. The number of hydrogen-bond acceptors (Lipinski definition) is 4. The highest BCUT2D eigenvalue weighted by molar-refractivity contribution is 5.70. The first-order valence-corrected chi connectivity index (χ1v) is 4.60. The number of rotatable bonds is 3. The van der Waals surface area contributed by atoms with Gasteiger partial charge >= 0.3 is 5.97 Å². The fourth-order valence-corrected chi connectivity index (χ4v) is 1.24. The lowest BCUT2D eigenvalue weighted by Gasteiger charge is -2.10. The Morgan fingerprint density at radius 2 is 2.38 bits per heavy atom. The summed E-state index contributed by atoms with van der Waals surface area (Å²) < 4.78 is 17.5. The summed E-state index contributed by atoms with van der Waals surface area (Å²) in [6.45, 7) is 0. The molecule has 1 aromatic rings. The van der Waals surface area contributed by atoms with Crippen LogP contribution in [0.5, 0.6) is 0 Å². The van der Waals surface area contributed by atoms with Crippen molar-refractivity contribution in [2.75, 3.05) is 7.11 Å². The Bertz CT molecular complexity index is 440. The van der Waals surface area contributed by atoms with Crippen LogP contribution in [-0.2, 0) is 9.53 Å². The molecule has 5 heteroatoms. The van der Waals surface area contributed by atoms with E-state index in [0.717, 1.165) is 6.07 Å². The SMILES string of the molecule is COC(=O)C[C@@H](N)c1ccc(F)c(C#N)c1. The van der Waals surface area contributed by atoms with Gasteiger partial charge in [0, 0.05) is 6.04 Å². The Morgan fingerprint density at radius 3 is 2.94 bits per heavy atom. The Labute approximate surface area is 92.4 Å². The largest absolute Gasteiger partial charge is 0.469 e. The molecule has 84 valence electrons. The van der Waals surface area contributed by atoms with E-state index in [2.05, 4.69) is 4.74 Å². The predicted octanol–water partition coefficient (Wildman–Crippen LogP) is 1.26. The Hall–Kier alpha value is -1.93. The van der Waals surface area contributed by atoms with Crippen molar-refractivity contribution < 1.29 is 13.9 Å². The Balaban J connectivity index is 2.89. The van der Waals surface area contributed by atoms with E-state index in [0.29, 0.717) is 5.56 Å². The summed E-state index contributed by atoms with van der Waals surface area (Å²) in [5.74, 6) is -1.05. The molecule has 0 heterocycles. The van der Waals surface area contributed by atoms with Gasteiger partial charge in [0.15, 0.2) is 0 Å². The van der Waals surface area contributed by atoms with Crippen molar-refractivity contribution in [3.8, 4) is 6.07 Å². The Morgan fingerprint density at radius 1 is 1.69 bits per heavy atom. The molecule has 0 unspecified atom stereocenters. The number of esters is 1. The predicted molar refractivity (Wildman–Crippen MR) is 54.7 cm³/mol. The van der Waals surface area contributed by atoms with Crippen molar-refractivity contribution in [2.45, 2.75) is 12.5 Å². The smallest absolute Gasteiger partial charge is 0.307 e. The number of benzene rings is 1. The second-order valence-electron chi connectivity index (χ2n) is 3.24. The zero-order valence-corrected chi connectivity index (χ0v) is 8.74. The minimum absolute atomic E-state index is 0.00694. The lowest BCUT2D eigenvalue weighted by atomic mass is 10.0. The van der Waals surface area contributed by atoms with Gasteiger partial charge in [-0.2, -0.15) is 5.26 Å². The average Bonchev–Trinajstić information content (AvgIpc) is 2.29. The molecule has 0 spiro atoms. The number of nitrogens with two attached hydrogens (primary N) is 1. The highest BCUT2D eigenvalue weighted by Crippen LogP contribution is 2.17. The van der Waals surface area contributed by atoms with Crippen LogP contribution in [-0.4, -0.2) is 13.1 Å². The summed E-state index contributed by atoms with van der Waals surface area (Å²) in [6, 6.07) is 5.06. The molecular formula is C11H11FN2O2. The van der Waals surface area contributed by atoms with Gasteiger partial charge < -0.3 is 10.5 Å². The van der Waals surface area contributed by atoms with E-state index in [1.54, 1.807) is 6.07 Å². The van der Waals surface area contributed by atoms with Crippen LogP contribution < -0.4 is 5.73 Å². The first-order valence-electron chi connectivity index (χ1n) is 4.60. The number of nitriles is 1. The fraction of sp³-hybridized carbons (Fsp3) is 0.273. The molecule has 16 heavy (non-hydrogen) atoms. The molecule has 0 bridgehead atoms. The zero-order valence-electron chi connectivity index (χ0n) is 8.74. The van der Waals surface area contributed by atoms with Crippen LogP contribution in [0.25, 0.3) is 0 Å². The lowest BCUT2D eigenvalue weighted by molar-refractivity contribution is -0.141. The normalized spacial score (nSPS) is 11.6. The number of nitrogens with zero attached hydrogens (tertiary/aromatic N) is 1. The summed E-state index contributed by atoms with van der Waals surface area (Å²) in [7, 11) is 1.26. The van der Waals surface area contributed by atoms with Crippen molar-refractivity contribution in [3.05, 3.63) is 35.1 Å². The Kier molecular flexibility index (Phi) is 3.97. The minimum atomic E-state index is -0.600. The average molecular weight is 222 g/mol. The third-order valence-corrected chi connectivity index (χ3v) is 2.15. The van der Waals surface area contributed by atoms with E-state index >= 15 is 0 Å². The van der Waals surface area contributed by atoms with Crippen molar-refractivity contribution >= 4 is 5.97 Å². The van der Waals surface area contributed by atoms with E-state index in [-0.39, 0.29) is 12.0 Å². The van der Waals surface area contributed by atoms with Gasteiger partial charge in [-0.05, 0) is 17.7 Å². The topological polar surface area (TPSA) is 76.1 Å². The molecule has 1 rings (SSSR count). The fourth-order valence-electron chi connectivity index (χ4n) is 1.24. The summed E-state index contributed by atoms with van der Waals surface area (Å²) in [5, 5.41) is 8.63. The van der Waals surface area contributed by atoms with Gasteiger partial charge in [0.2, 0.25) is 0 Å². The van der Waals surface area contributed by atoms with Crippen LogP contribution in [0.15, 0.2) is 18.2 Å². The number of halogens is 1. The van der Waals surface area contributed by atoms with E-state index in [1.165, 1.54) is 19.2 Å². The van der Waals surface area contributed by atoms with Crippen LogP contribution in [0, 0.1) is 17.1 Å². The van der Waals surface area contributed by atoms with Crippen LogP contribution in [0.2, 0.25) is 0 Å². The van der Waals surface area contributed by atoms with Crippen LogP contribution >= 0.6 is 0 Å². The standard InChI is InChI=1S/C11H11FN2O2/c1-16-11(15)5-10(14)7-2-3-9(12)8(4-7)6-13/h2-4,10H,5,14H2,1H3/t10-/m1/s1. The van der Waals surface area contributed by atoms with Gasteiger partial charge in [-0.15, -0.1) is 0 Å². The molecule has 1 aromatic carbocycles. The van der Waals surface area contributed by atoms with Gasteiger partial charge in [0.1, 0.15) is 11.9 Å². The van der Waals surface area contributed by atoms with Crippen LogP contribution in [0.3, 0.4) is 0 Å². The third-order valence-electron chi connectivity index (χ3n) is 2.15. The molecule has 0 aliphatic rings. The van der Waals surface area contributed by atoms with Gasteiger partial charge in [-0.25, -0.2) is 4.39 Å². The number of methoxy groups -OCH3 is 1. The number of hydrogen-bond donors (Lipinski definition) is 1. The number of ether oxygens (including phenoxy) is 1. The number of carbonyl (C=O) groups excluding carboxylic acids is 1. The molecule has 0 amide bonds. The monoisotopic (exact) mass is 222 g/mol. The van der Waals surface area contributed by atoms with Crippen molar-refractivity contribution in [1.29, 1.82) is 5.26 Å². The molecule has 0 aliphatic carbocycles. The molecule has 1 atom stereocenters. The molecule has 0 aliphatic heterocycles. The first-order chi connectivity index (χ1) is 7.58. The van der Waals surface area contributed by atoms with Gasteiger partial charge in [0.05, 0.1) is 19.1 Å². The molecule has 0 radical (unpaired) electrons. The quantitative estimate of drug-likeness (QED) is 0.781. The van der Waals surface area contributed by atoms with Gasteiger partial charge in [0.25, 0.3) is 0 Å². The van der Waals surface area contributed by atoms with Crippen LogP contribution in [0.4, 0.5) is 4.39 Å². The van der Waals surface area contributed by atoms with E-state index < -0.39 is 17.8 Å². The first kappa shape index (κ1) is 12.1. The van der Waals surface area contributed by atoms with Crippen molar-refractivity contribution in [1.82, 2.24) is 0 Å². The second-order valence-corrected chi connectivity index (χ2v) is 3.24. The lowest BCUT2D eigenvalue weighted by Crippen LogP contribution is -2.16. The molecule has 0 saturated heterocycles. The third kappa shape index (κ3) is 2.78. The molecular weight excluding hydrogens is 211 g/mol. The zero-order chi connectivity index (χ0) is 12.1. The maximum absolute atomic E-state index is 13.0. The molecule has 0 saturated carbocycles. The summed E-state index contributed by atoms with van der Waals surface area (Å²) in [6.07, 6.45) is -0.00694. The summed E-state index contributed by atoms with van der Waals surface area (Å²) in [5.41, 5.74) is 6.16. The van der Waals surface area contributed by atoms with E-state index in [1.807, 2.05) is 0 Å².